The third-order valence-electron chi connectivity index (χ3n) is 7.78. The van der Waals surface area contributed by atoms with Crippen LogP contribution in [0.5, 0.6) is 5.75 Å². The Kier molecular flexibility index (Phi) is 16.0. The van der Waals surface area contributed by atoms with E-state index in [-0.39, 0.29) is 5.91 Å². The summed E-state index contributed by atoms with van der Waals surface area (Å²) in [4.78, 5) is 15.7. The zero-order valence-corrected chi connectivity index (χ0v) is 27.8. The van der Waals surface area contributed by atoms with Crippen molar-refractivity contribution in [3.8, 4) is 5.75 Å². The molecule has 0 unspecified atom stereocenters. The molecule has 1 heterocycles. The molecule has 3 rings (SSSR count). The molecule has 0 aliphatic heterocycles. The summed E-state index contributed by atoms with van der Waals surface area (Å²) in [6.07, 6.45) is 21.0. The molecule has 0 aliphatic carbocycles. The number of carbonyl (C=O) groups excluding carboxylic acids is 1. The molecule has 2 aromatic carbocycles. The molecule has 0 spiro atoms. The number of anilines is 1. The SMILES string of the molecule is CCCCCCCCCCCCCCCCOc1ccc(CN(C(C)=O)c2cccc(C[n+]3csc(C)c3)c2)cc1Cl. The lowest BCUT2D eigenvalue weighted by Gasteiger charge is -2.22. The van der Waals surface area contributed by atoms with Crippen molar-refractivity contribution >= 4 is 34.5 Å². The standard InChI is InChI=1S/C36H52ClN2O2S/c1-4-5-6-7-8-9-10-11-12-13-14-15-16-17-23-41-36-22-21-33(25-35(36)37)28-39(31(3)40)34-20-18-19-32(24-34)27-38-26-30(2)42-29-38/h18-22,24-26,29H,4-17,23,27-28H2,1-3H3/q+1. The van der Waals surface area contributed by atoms with E-state index in [0.717, 1.165) is 35.5 Å². The van der Waals surface area contributed by atoms with Gasteiger partial charge in [-0.05, 0) is 43.2 Å². The number of unbranched alkanes of at least 4 members (excludes halogenated alkanes) is 13. The molecule has 0 aliphatic rings. The zero-order chi connectivity index (χ0) is 30.0. The van der Waals surface area contributed by atoms with E-state index < -0.39 is 0 Å². The molecular weight excluding hydrogens is 560 g/mol. The third kappa shape index (κ3) is 12.9. The minimum absolute atomic E-state index is 0.000402. The van der Waals surface area contributed by atoms with Crippen LogP contribution in [0.4, 0.5) is 5.69 Å². The minimum atomic E-state index is 0.000402. The smallest absolute Gasteiger partial charge is 0.225 e. The number of aromatic nitrogens is 1. The first kappa shape index (κ1) is 34.1. The second-order valence-corrected chi connectivity index (χ2v) is 13.1. The summed E-state index contributed by atoms with van der Waals surface area (Å²) < 4.78 is 8.17. The van der Waals surface area contributed by atoms with E-state index in [1.165, 1.54) is 88.3 Å². The number of rotatable bonds is 21. The molecule has 1 aromatic heterocycles. The average molecular weight is 612 g/mol. The fourth-order valence-electron chi connectivity index (χ4n) is 5.37. The molecule has 0 fully saturated rings. The van der Waals surface area contributed by atoms with Gasteiger partial charge in [-0.1, -0.05) is 132 Å². The molecule has 42 heavy (non-hydrogen) atoms. The summed E-state index contributed by atoms with van der Waals surface area (Å²) >= 11 is 8.32. The Morgan fingerprint density at radius 3 is 2.07 bits per heavy atom. The van der Waals surface area contributed by atoms with Crippen LogP contribution >= 0.6 is 22.9 Å². The fourth-order valence-corrected chi connectivity index (χ4v) is 6.26. The van der Waals surface area contributed by atoms with Crippen molar-refractivity contribution in [2.45, 2.75) is 124 Å². The number of carbonyl (C=O) groups is 1. The molecule has 0 saturated heterocycles. The van der Waals surface area contributed by atoms with Crippen molar-refractivity contribution in [1.82, 2.24) is 0 Å². The van der Waals surface area contributed by atoms with Crippen LogP contribution in [0.1, 0.15) is 120 Å². The fraction of sp³-hybridized carbons (Fsp3) is 0.556. The summed E-state index contributed by atoms with van der Waals surface area (Å²) in [7, 11) is 0. The van der Waals surface area contributed by atoms with E-state index in [9.17, 15) is 4.79 Å². The maximum absolute atomic E-state index is 12.6. The molecule has 0 radical (unpaired) electrons. The molecule has 0 bridgehead atoms. The zero-order valence-electron chi connectivity index (χ0n) is 26.2. The molecule has 6 heteroatoms. The van der Waals surface area contributed by atoms with Crippen molar-refractivity contribution in [1.29, 1.82) is 0 Å². The quantitative estimate of drug-likeness (QED) is 0.0886. The van der Waals surface area contributed by atoms with E-state index in [4.69, 9.17) is 16.3 Å². The number of ether oxygens (including phenoxy) is 1. The van der Waals surface area contributed by atoms with Gasteiger partial charge in [-0.15, -0.1) is 0 Å². The molecule has 230 valence electrons. The summed E-state index contributed by atoms with van der Waals surface area (Å²) in [5, 5.41) is 0.597. The molecule has 0 N–H and O–H groups in total. The van der Waals surface area contributed by atoms with Gasteiger partial charge in [-0.3, -0.25) is 4.79 Å². The van der Waals surface area contributed by atoms with E-state index >= 15 is 0 Å². The topological polar surface area (TPSA) is 33.4 Å². The van der Waals surface area contributed by atoms with Gasteiger partial charge in [0.05, 0.1) is 23.1 Å². The van der Waals surface area contributed by atoms with Gasteiger partial charge in [0, 0.05) is 18.2 Å². The van der Waals surface area contributed by atoms with Crippen LogP contribution in [-0.2, 0) is 17.9 Å². The second kappa shape index (κ2) is 19.7. The number of nitrogens with zero attached hydrogens (tertiary/aromatic N) is 2. The number of amides is 1. The highest BCUT2D eigenvalue weighted by Crippen LogP contribution is 2.28. The van der Waals surface area contributed by atoms with Crippen molar-refractivity contribution in [2.75, 3.05) is 11.5 Å². The Hall–Kier alpha value is -2.37. The van der Waals surface area contributed by atoms with E-state index in [2.05, 4.69) is 42.3 Å². The maximum atomic E-state index is 12.6. The average Bonchev–Trinajstić information content (AvgIpc) is 3.38. The number of hydrogen-bond donors (Lipinski definition) is 0. The summed E-state index contributed by atoms with van der Waals surface area (Å²) in [5.74, 6) is 0.718. The first-order valence-electron chi connectivity index (χ1n) is 16.2. The second-order valence-electron chi connectivity index (χ2n) is 11.6. The molecular formula is C36H52ClN2O2S+. The highest BCUT2D eigenvalue weighted by molar-refractivity contribution is 7.09. The molecule has 4 nitrogen and oxygen atoms in total. The van der Waals surface area contributed by atoms with Crippen molar-refractivity contribution in [3.63, 3.8) is 0 Å². The summed E-state index contributed by atoms with van der Waals surface area (Å²) in [6.45, 7) is 7.92. The number of benzene rings is 2. The van der Waals surface area contributed by atoms with Gasteiger partial charge in [0.1, 0.15) is 5.75 Å². The lowest BCUT2D eigenvalue weighted by atomic mass is 10.0. The van der Waals surface area contributed by atoms with Crippen molar-refractivity contribution in [2.24, 2.45) is 0 Å². The Labute approximate surface area is 264 Å². The molecule has 3 aromatic rings. The lowest BCUT2D eigenvalue weighted by molar-refractivity contribution is -0.683. The van der Waals surface area contributed by atoms with Gasteiger partial charge < -0.3 is 9.64 Å². The predicted octanol–water partition coefficient (Wildman–Crippen LogP) is 10.5. The monoisotopic (exact) mass is 611 g/mol. The minimum Gasteiger partial charge on any atom is -0.492 e. The summed E-state index contributed by atoms with van der Waals surface area (Å²) in [5.41, 5.74) is 5.15. The number of thiazole rings is 1. The first-order chi connectivity index (χ1) is 20.5. The van der Waals surface area contributed by atoms with Gasteiger partial charge in [-0.25, -0.2) is 0 Å². The third-order valence-corrected chi connectivity index (χ3v) is 8.93. The largest absolute Gasteiger partial charge is 0.492 e. The molecule has 0 atom stereocenters. The lowest BCUT2D eigenvalue weighted by Crippen LogP contribution is -2.31. The van der Waals surface area contributed by atoms with Gasteiger partial charge in [0.2, 0.25) is 11.4 Å². The molecule has 0 saturated carbocycles. The van der Waals surface area contributed by atoms with Crippen LogP contribution in [0.15, 0.2) is 54.2 Å². The number of hydrogen-bond acceptors (Lipinski definition) is 3. The number of aryl methyl sites for hydroxylation is 1. The van der Waals surface area contributed by atoms with E-state index in [0.29, 0.717) is 18.2 Å². The van der Waals surface area contributed by atoms with Gasteiger partial charge in [0.25, 0.3) is 0 Å². The summed E-state index contributed by atoms with van der Waals surface area (Å²) in [6, 6.07) is 14.1. The predicted molar refractivity (Wildman–Crippen MR) is 179 cm³/mol. The van der Waals surface area contributed by atoms with Gasteiger partial charge in [0.15, 0.2) is 12.7 Å². The van der Waals surface area contributed by atoms with Gasteiger partial charge >= 0.3 is 0 Å². The van der Waals surface area contributed by atoms with Crippen LogP contribution in [0, 0.1) is 6.92 Å². The van der Waals surface area contributed by atoms with Crippen LogP contribution in [0.3, 0.4) is 0 Å². The van der Waals surface area contributed by atoms with Crippen LogP contribution in [0.25, 0.3) is 0 Å². The Morgan fingerprint density at radius 1 is 0.857 bits per heavy atom. The van der Waals surface area contributed by atoms with Crippen molar-refractivity contribution < 1.29 is 14.1 Å². The van der Waals surface area contributed by atoms with E-state index in [1.807, 2.05) is 30.3 Å². The first-order valence-corrected chi connectivity index (χ1v) is 17.4. The normalized spacial score (nSPS) is 11.1. The molecule has 1 amide bonds. The highest BCUT2D eigenvalue weighted by Gasteiger charge is 2.15. The van der Waals surface area contributed by atoms with Crippen LogP contribution < -0.4 is 14.2 Å². The number of halogens is 1. The van der Waals surface area contributed by atoms with Crippen LogP contribution in [-0.4, -0.2) is 12.5 Å². The van der Waals surface area contributed by atoms with Crippen molar-refractivity contribution in [3.05, 3.63) is 75.2 Å². The van der Waals surface area contributed by atoms with E-state index in [1.54, 1.807) is 23.2 Å². The van der Waals surface area contributed by atoms with Gasteiger partial charge in [-0.2, -0.15) is 4.57 Å². The van der Waals surface area contributed by atoms with Crippen LogP contribution in [0.2, 0.25) is 5.02 Å². The Bertz CT molecular complexity index is 1190. The Balaban J connectivity index is 1.34. The Morgan fingerprint density at radius 2 is 1.50 bits per heavy atom. The maximum Gasteiger partial charge on any atom is 0.225 e. The highest BCUT2D eigenvalue weighted by atomic mass is 35.5.